The molecule has 0 aliphatic rings. The number of halogens is 1. The van der Waals surface area contributed by atoms with Gasteiger partial charge in [0.2, 0.25) is 5.91 Å². The van der Waals surface area contributed by atoms with Gasteiger partial charge in [0.25, 0.3) is 0 Å². The van der Waals surface area contributed by atoms with Crippen LogP contribution in [0.3, 0.4) is 0 Å². The first-order valence-corrected chi connectivity index (χ1v) is 6.50. The van der Waals surface area contributed by atoms with Crippen LogP contribution in [0.5, 0.6) is 0 Å². The highest BCUT2D eigenvalue weighted by Crippen LogP contribution is 2.26. The maximum atomic E-state index is 11.4. The van der Waals surface area contributed by atoms with Gasteiger partial charge in [0, 0.05) is 5.69 Å². The number of rotatable bonds is 4. The number of amides is 1. The Hall–Kier alpha value is -0.670. The molecule has 0 fully saturated rings. The topological polar surface area (TPSA) is 29.1 Å². The average molecular weight is 244 g/mol. The second-order valence-electron chi connectivity index (χ2n) is 3.18. The normalized spacial score (nSPS) is 12.2. The summed E-state index contributed by atoms with van der Waals surface area (Å²) in [4.78, 5) is 11.4. The largest absolute Gasteiger partial charge is 0.325 e. The van der Waals surface area contributed by atoms with E-state index in [-0.39, 0.29) is 11.3 Å². The summed E-state index contributed by atoms with van der Waals surface area (Å²) < 4.78 is 0. The van der Waals surface area contributed by atoms with E-state index in [9.17, 15) is 4.79 Å². The third kappa shape index (κ3) is 3.76. The molecule has 1 unspecified atom stereocenters. The minimum Gasteiger partial charge on any atom is -0.325 e. The van der Waals surface area contributed by atoms with Gasteiger partial charge in [-0.25, -0.2) is 0 Å². The Morgan fingerprint density at radius 2 is 2.20 bits per heavy atom. The average Bonchev–Trinajstić information content (AvgIpc) is 2.18. The maximum absolute atomic E-state index is 11.4. The number of carbonyl (C=O) groups is 1. The molecular formula is C11H14ClNOS. The molecule has 0 bridgehead atoms. The quantitative estimate of drug-likeness (QED) is 0.823. The molecule has 0 saturated carbocycles. The lowest BCUT2D eigenvalue weighted by Gasteiger charge is -2.11. The third-order valence-electron chi connectivity index (χ3n) is 1.94. The van der Waals surface area contributed by atoms with Gasteiger partial charge in [-0.05, 0) is 24.8 Å². The molecule has 1 amide bonds. The summed E-state index contributed by atoms with van der Waals surface area (Å²) in [5.41, 5.74) is 1.76. The fraction of sp³-hybridized carbons (Fsp3) is 0.364. The predicted molar refractivity (Wildman–Crippen MR) is 67.7 cm³/mol. The predicted octanol–water partition coefficient (Wildman–Crippen LogP) is 3.29. The highest BCUT2D eigenvalue weighted by Gasteiger charge is 2.09. The minimum atomic E-state index is -0.101. The molecular weight excluding hydrogens is 230 g/mol. The van der Waals surface area contributed by atoms with E-state index in [1.165, 1.54) is 11.8 Å². The van der Waals surface area contributed by atoms with Crippen molar-refractivity contribution in [2.45, 2.75) is 12.3 Å². The number of anilines is 1. The van der Waals surface area contributed by atoms with Gasteiger partial charge in [0.15, 0.2) is 0 Å². The van der Waals surface area contributed by atoms with Crippen molar-refractivity contribution in [2.75, 3.05) is 17.3 Å². The number of hydrogen-bond donors (Lipinski definition) is 1. The molecule has 0 saturated heterocycles. The van der Waals surface area contributed by atoms with E-state index in [0.717, 1.165) is 11.3 Å². The summed E-state index contributed by atoms with van der Waals surface area (Å²) in [6, 6.07) is 7.59. The summed E-state index contributed by atoms with van der Waals surface area (Å²) in [5, 5.41) is 2.75. The number of benzene rings is 1. The Bertz CT molecular complexity index is 341. The molecule has 0 spiro atoms. The van der Waals surface area contributed by atoms with E-state index in [0.29, 0.717) is 5.75 Å². The molecule has 1 aromatic rings. The van der Waals surface area contributed by atoms with Gasteiger partial charge < -0.3 is 5.32 Å². The van der Waals surface area contributed by atoms with Gasteiger partial charge in [-0.15, -0.1) is 11.6 Å². The SMILES string of the molecule is CSCC(=O)Nc1ccccc1C(C)Cl. The zero-order chi connectivity index (χ0) is 11.3. The van der Waals surface area contributed by atoms with Crippen LogP contribution in [0, 0.1) is 0 Å². The van der Waals surface area contributed by atoms with E-state index in [4.69, 9.17) is 11.6 Å². The van der Waals surface area contributed by atoms with Crippen molar-refractivity contribution >= 4 is 35.0 Å². The number of para-hydroxylation sites is 1. The second-order valence-corrected chi connectivity index (χ2v) is 4.71. The molecule has 15 heavy (non-hydrogen) atoms. The van der Waals surface area contributed by atoms with Crippen LogP contribution in [0.1, 0.15) is 17.9 Å². The standard InChI is InChI=1S/C11H14ClNOS/c1-8(12)9-5-3-4-6-10(9)13-11(14)7-15-2/h3-6,8H,7H2,1-2H3,(H,13,14). The smallest absolute Gasteiger partial charge is 0.234 e. The van der Waals surface area contributed by atoms with E-state index in [1.807, 2.05) is 37.4 Å². The molecule has 82 valence electrons. The van der Waals surface area contributed by atoms with E-state index in [1.54, 1.807) is 0 Å². The van der Waals surface area contributed by atoms with E-state index in [2.05, 4.69) is 5.32 Å². The summed E-state index contributed by atoms with van der Waals surface area (Å²) in [7, 11) is 0. The highest BCUT2D eigenvalue weighted by molar-refractivity contribution is 7.99. The van der Waals surface area contributed by atoms with Crippen molar-refractivity contribution in [3.8, 4) is 0 Å². The lowest BCUT2D eigenvalue weighted by atomic mass is 10.1. The Kier molecular flexibility index (Phi) is 4.99. The van der Waals surface area contributed by atoms with Crippen LogP contribution >= 0.6 is 23.4 Å². The molecule has 1 aromatic carbocycles. The molecule has 1 atom stereocenters. The van der Waals surface area contributed by atoms with Gasteiger partial charge >= 0.3 is 0 Å². The minimum absolute atomic E-state index is 0.00673. The van der Waals surface area contributed by atoms with Gasteiger partial charge in [0.05, 0.1) is 11.1 Å². The van der Waals surface area contributed by atoms with Crippen molar-refractivity contribution < 1.29 is 4.79 Å². The fourth-order valence-corrected chi connectivity index (χ4v) is 1.80. The zero-order valence-corrected chi connectivity index (χ0v) is 10.4. The summed E-state index contributed by atoms with van der Waals surface area (Å²) in [6.45, 7) is 1.89. The molecule has 1 N–H and O–H groups in total. The van der Waals surface area contributed by atoms with Crippen LogP contribution in [0.4, 0.5) is 5.69 Å². The monoisotopic (exact) mass is 243 g/mol. The first-order valence-electron chi connectivity index (χ1n) is 4.67. The van der Waals surface area contributed by atoms with Gasteiger partial charge in [-0.3, -0.25) is 4.79 Å². The number of alkyl halides is 1. The molecule has 0 aliphatic carbocycles. The molecule has 2 nitrogen and oxygen atoms in total. The van der Waals surface area contributed by atoms with Crippen LogP contribution in [0.2, 0.25) is 0 Å². The molecule has 0 aliphatic heterocycles. The number of carbonyl (C=O) groups excluding carboxylic acids is 1. The van der Waals surface area contributed by atoms with Crippen LogP contribution in [0.25, 0.3) is 0 Å². The zero-order valence-electron chi connectivity index (χ0n) is 8.79. The summed E-state index contributed by atoms with van der Waals surface area (Å²) in [5.74, 6) is 0.470. The van der Waals surface area contributed by atoms with Crippen molar-refractivity contribution in [2.24, 2.45) is 0 Å². The third-order valence-corrected chi connectivity index (χ3v) is 2.72. The van der Waals surface area contributed by atoms with Gasteiger partial charge in [-0.2, -0.15) is 11.8 Å². The Morgan fingerprint density at radius 1 is 1.53 bits per heavy atom. The first kappa shape index (κ1) is 12.4. The van der Waals surface area contributed by atoms with Crippen molar-refractivity contribution in [3.05, 3.63) is 29.8 Å². The highest BCUT2D eigenvalue weighted by atomic mass is 35.5. The molecule has 1 rings (SSSR count). The van der Waals surface area contributed by atoms with Crippen LogP contribution in [0.15, 0.2) is 24.3 Å². The van der Waals surface area contributed by atoms with Crippen molar-refractivity contribution in [3.63, 3.8) is 0 Å². The summed E-state index contributed by atoms with van der Waals surface area (Å²) in [6.07, 6.45) is 1.90. The second kappa shape index (κ2) is 6.03. The Balaban J connectivity index is 2.80. The Morgan fingerprint density at radius 3 is 2.80 bits per heavy atom. The summed E-state index contributed by atoms with van der Waals surface area (Å²) >= 11 is 7.51. The molecule has 0 radical (unpaired) electrons. The lowest BCUT2D eigenvalue weighted by molar-refractivity contribution is -0.113. The first-order chi connectivity index (χ1) is 7.15. The van der Waals surface area contributed by atoms with E-state index >= 15 is 0 Å². The van der Waals surface area contributed by atoms with Crippen LogP contribution in [-0.2, 0) is 4.79 Å². The fourth-order valence-electron chi connectivity index (χ4n) is 1.28. The molecule has 4 heteroatoms. The van der Waals surface area contributed by atoms with Crippen molar-refractivity contribution in [1.82, 2.24) is 0 Å². The lowest BCUT2D eigenvalue weighted by Crippen LogP contribution is -2.15. The molecule has 0 heterocycles. The van der Waals surface area contributed by atoms with Gasteiger partial charge in [-0.1, -0.05) is 18.2 Å². The molecule has 0 aromatic heterocycles. The van der Waals surface area contributed by atoms with Crippen LogP contribution < -0.4 is 5.32 Å². The van der Waals surface area contributed by atoms with Crippen molar-refractivity contribution in [1.29, 1.82) is 0 Å². The number of hydrogen-bond acceptors (Lipinski definition) is 2. The van der Waals surface area contributed by atoms with Gasteiger partial charge in [0.1, 0.15) is 0 Å². The number of nitrogens with one attached hydrogen (secondary N) is 1. The van der Waals surface area contributed by atoms with Crippen LogP contribution in [-0.4, -0.2) is 17.9 Å². The Labute approximate surface area is 99.4 Å². The maximum Gasteiger partial charge on any atom is 0.234 e. The van der Waals surface area contributed by atoms with E-state index < -0.39 is 0 Å². The number of thioether (sulfide) groups is 1.